The molecule has 0 bridgehead atoms. The van der Waals surface area contributed by atoms with Crippen molar-refractivity contribution < 1.29 is 4.79 Å². The summed E-state index contributed by atoms with van der Waals surface area (Å²) in [7, 11) is 0. The van der Waals surface area contributed by atoms with Crippen LogP contribution in [0.15, 0.2) is 24.4 Å². The molecule has 3 N–H and O–H groups in total. The SMILES string of the molecule is CCCNCCNC(=O)c1cccc2[nH]ncc12.Cl. The second-order valence-corrected chi connectivity index (χ2v) is 4.14. The number of aromatic nitrogens is 2. The molecule has 0 radical (unpaired) electrons. The molecule has 1 amide bonds. The highest BCUT2D eigenvalue weighted by atomic mass is 35.5. The number of carbonyl (C=O) groups is 1. The Kier molecular flexibility index (Phi) is 6.32. The Balaban J connectivity index is 0.00000180. The lowest BCUT2D eigenvalue weighted by molar-refractivity contribution is 0.0955. The Morgan fingerprint density at radius 1 is 1.32 bits per heavy atom. The number of hydrogen-bond acceptors (Lipinski definition) is 3. The maximum atomic E-state index is 12.0. The molecule has 1 heterocycles. The van der Waals surface area contributed by atoms with Crippen LogP contribution in [0.25, 0.3) is 10.9 Å². The number of rotatable bonds is 6. The first-order valence-corrected chi connectivity index (χ1v) is 6.24. The molecule has 5 nitrogen and oxygen atoms in total. The lowest BCUT2D eigenvalue weighted by Gasteiger charge is -2.06. The monoisotopic (exact) mass is 282 g/mol. The van der Waals surface area contributed by atoms with E-state index in [1.54, 1.807) is 6.20 Å². The quantitative estimate of drug-likeness (QED) is 0.707. The highest BCUT2D eigenvalue weighted by molar-refractivity contribution is 6.05. The Morgan fingerprint density at radius 3 is 2.95 bits per heavy atom. The fourth-order valence-electron chi connectivity index (χ4n) is 1.83. The first-order valence-electron chi connectivity index (χ1n) is 6.24. The predicted molar refractivity (Wildman–Crippen MR) is 78.8 cm³/mol. The molecular weight excluding hydrogens is 264 g/mol. The van der Waals surface area contributed by atoms with Crippen molar-refractivity contribution in [2.45, 2.75) is 13.3 Å². The number of nitrogens with zero attached hydrogens (tertiary/aromatic N) is 1. The zero-order valence-corrected chi connectivity index (χ0v) is 11.7. The molecule has 2 aromatic rings. The summed E-state index contributed by atoms with van der Waals surface area (Å²) in [6, 6.07) is 5.57. The number of halogens is 1. The van der Waals surface area contributed by atoms with E-state index in [1.807, 2.05) is 18.2 Å². The molecule has 6 heteroatoms. The van der Waals surface area contributed by atoms with E-state index in [1.165, 1.54) is 0 Å². The van der Waals surface area contributed by atoms with Crippen LogP contribution in [0.4, 0.5) is 0 Å². The van der Waals surface area contributed by atoms with E-state index >= 15 is 0 Å². The minimum Gasteiger partial charge on any atom is -0.351 e. The fraction of sp³-hybridized carbons (Fsp3) is 0.385. The third kappa shape index (κ3) is 3.94. The zero-order chi connectivity index (χ0) is 12.8. The molecule has 0 spiro atoms. The molecule has 1 aromatic heterocycles. The second kappa shape index (κ2) is 7.76. The molecule has 0 fully saturated rings. The minimum atomic E-state index is -0.0553. The van der Waals surface area contributed by atoms with Gasteiger partial charge in [-0.3, -0.25) is 9.89 Å². The van der Waals surface area contributed by atoms with E-state index in [4.69, 9.17) is 0 Å². The van der Waals surface area contributed by atoms with Gasteiger partial charge >= 0.3 is 0 Å². The van der Waals surface area contributed by atoms with Gasteiger partial charge in [0.15, 0.2) is 0 Å². The maximum Gasteiger partial charge on any atom is 0.252 e. The summed E-state index contributed by atoms with van der Waals surface area (Å²) >= 11 is 0. The summed E-state index contributed by atoms with van der Waals surface area (Å²) < 4.78 is 0. The number of hydrogen-bond donors (Lipinski definition) is 3. The van der Waals surface area contributed by atoms with E-state index in [0.717, 1.165) is 30.4 Å². The minimum absolute atomic E-state index is 0. The lowest BCUT2D eigenvalue weighted by Crippen LogP contribution is -2.32. The molecule has 104 valence electrons. The average Bonchev–Trinajstić information content (AvgIpc) is 2.86. The fourth-order valence-corrected chi connectivity index (χ4v) is 1.83. The van der Waals surface area contributed by atoms with Crippen LogP contribution in [0.1, 0.15) is 23.7 Å². The largest absolute Gasteiger partial charge is 0.351 e. The number of benzene rings is 1. The summed E-state index contributed by atoms with van der Waals surface area (Å²) in [6.45, 7) is 4.52. The molecule has 0 aliphatic heterocycles. The molecule has 1 aromatic carbocycles. The number of carbonyl (C=O) groups excluding carboxylic acids is 1. The van der Waals surface area contributed by atoms with Crippen molar-refractivity contribution in [3.8, 4) is 0 Å². The molecule has 0 unspecified atom stereocenters. The van der Waals surface area contributed by atoms with Crippen LogP contribution in [0.5, 0.6) is 0 Å². The molecule has 0 aliphatic carbocycles. The van der Waals surface area contributed by atoms with Crippen molar-refractivity contribution >= 4 is 29.2 Å². The van der Waals surface area contributed by atoms with Gasteiger partial charge < -0.3 is 10.6 Å². The van der Waals surface area contributed by atoms with Gasteiger partial charge in [0.25, 0.3) is 5.91 Å². The molecule has 2 rings (SSSR count). The summed E-state index contributed by atoms with van der Waals surface area (Å²) in [6.07, 6.45) is 2.78. The highest BCUT2D eigenvalue weighted by Gasteiger charge is 2.09. The van der Waals surface area contributed by atoms with E-state index in [9.17, 15) is 4.79 Å². The van der Waals surface area contributed by atoms with Gasteiger partial charge in [0.05, 0.1) is 17.3 Å². The number of amides is 1. The van der Waals surface area contributed by atoms with Gasteiger partial charge in [0.2, 0.25) is 0 Å². The number of nitrogens with one attached hydrogen (secondary N) is 3. The third-order valence-corrected chi connectivity index (χ3v) is 2.74. The van der Waals surface area contributed by atoms with Gasteiger partial charge in [-0.1, -0.05) is 13.0 Å². The van der Waals surface area contributed by atoms with Crippen molar-refractivity contribution in [2.75, 3.05) is 19.6 Å². The Bertz CT molecular complexity index is 526. The Labute approximate surface area is 118 Å². The van der Waals surface area contributed by atoms with Crippen LogP contribution in [-0.2, 0) is 0 Å². The molecule has 0 atom stereocenters. The van der Waals surface area contributed by atoms with Crippen LogP contribution in [-0.4, -0.2) is 35.7 Å². The summed E-state index contributed by atoms with van der Waals surface area (Å²) in [5.74, 6) is -0.0553. The van der Waals surface area contributed by atoms with Gasteiger partial charge in [-0.05, 0) is 25.1 Å². The standard InChI is InChI=1S/C13H18N4O.ClH/c1-2-6-14-7-8-15-13(18)10-4-3-5-12-11(10)9-16-17-12;/h3-5,9,14H,2,6-8H2,1H3,(H,15,18)(H,16,17);1H. The van der Waals surface area contributed by atoms with Crippen LogP contribution in [0, 0.1) is 0 Å². The zero-order valence-electron chi connectivity index (χ0n) is 10.9. The lowest BCUT2D eigenvalue weighted by atomic mass is 10.1. The van der Waals surface area contributed by atoms with Crippen LogP contribution < -0.4 is 10.6 Å². The molecule has 19 heavy (non-hydrogen) atoms. The van der Waals surface area contributed by atoms with Crippen molar-refractivity contribution in [3.05, 3.63) is 30.0 Å². The van der Waals surface area contributed by atoms with Gasteiger partial charge in [-0.2, -0.15) is 5.10 Å². The summed E-state index contributed by atoms with van der Waals surface area (Å²) in [4.78, 5) is 12.0. The summed E-state index contributed by atoms with van der Waals surface area (Å²) in [5, 5.41) is 13.8. The number of H-pyrrole nitrogens is 1. The molecule has 0 saturated carbocycles. The second-order valence-electron chi connectivity index (χ2n) is 4.14. The van der Waals surface area contributed by atoms with E-state index in [0.29, 0.717) is 12.1 Å². The van der Waals surface area contributed by atoms with Crippen molar-refractivity contribution in [3.63, 3.8) is 0 Å². The van der Waals surface area contributed by atoms with Crippen LogP contribution in [0.2, 0.25) is 0 Å². The van der Waals surface area contributed by atoms with Crippen LogP contribution in [0.3, 0.4) is 0 Å². The van der Waals surface area contributed by atoms with Crippen molar-refractivity contribution in [1.82, 2.24) is 20.8 Å². The summed E-state index contributed by atoms with van der Waals surface area (Å²) in [5.41, 5.74) is 1.54. The predicted octanol–water partition coefficient (Wildman–Crippen LogP) is 1.71. The smallest absolute Gasteiger partial charge is 0.252 e. The van der Waals surface area contributed by atoms with Gasteiger partial charge in [0, 0.05) is 18.5 Å². The molecular formula is C13H19ClN4O. The van der Waals surface area contributed by atoms with Gasteiger partial charge in [-0.25, -0.2) is 0 Å². The van der Waals surface area contributed by atoms with E-state index < -0.39 is 0 Å². The highest BCUT2D eigenvalue weighted by Crippen LogP contribution is 2.15. The number of fused-ring (bicyclic) bond motifs is 1. The topological polar surface area (TPSA) is 69.8 Å². The Hall–Kier alpha value is -1.59. The molecule has 0 saturated heterocycles. The third-order valence-electron chi connectivity index (χ3n) is 2.74. The number of aromatic amines is 1. The van der Waals surface area contributed by atoms with Gasteiger partial charge in [-0.15, -0.1) is 12.4 Å². The first kappa shape index (κ1) is 15.5. The van der Waals surface area contributed by atoms with E-state index in [-0.39, 0.29) is 18.3 Å². The molecule has 0 aliphatic rings. The van der Waals surface area contributed by atoms with Crippen LogP contribution >= 0.6 is 12.4 Å². The normalized spacial score (nSPS) is 10.2. The van der Waals surface area contributed by atoms with Crippen molar-refractivity contribution in [1.29, 1.82) is 0 Å². The van der Waals surface area contributed by atoms with Crippen molar-refractivity contribution in [2.24, 2.45) is 0 Å². The Morgan fingerprint density at radius 2 is 2.16 bits per heavy atom. The maximum absolute atomic E-state index is 12.0. The first-order chi connectivity index (χ1) is 8.83. The average molecular weight is 283 g/mol. The van der Waals surface area contributed by atoms with Gasteiger partial charge in [0.1, 0.15) is 0 Å². The van der Waals surface area contributed by atoms with E-state index in [2.05, 4.69) is 27.8 Å².